The van der Waals surface area contributed by atoms with Crippen LogP contribution in [0.5, 0.6) is 0 Å². The van der Waals surface area contributed by atoms with Crippen molar-refractivity contribution in [2.45, 2.75) is 51.7 Å². The van der Waals surface area contributed by atoms with Crippen LogP contribution in [-0.4, -0.2) is 11.0 Å². The highest BCUT2D eigenvalue weighted by molar-refractivity contribution is 9.10. The van der Waals surface area contributed by atoms with Gasteiger partial charge in [0, 0.05) is 6.07 Å². The largest absolute Gasteiger partial charge is 0.374 e. The van der Waals surface area contributed by atoms with Gasteiger partial charge in [-0.2, -0.15) is 0 Å². The highest BCUT2D eigenvalue weighted by atomic mass is 79.9. The van der Waals surface area contributed by atoms with E-state index < -0.39 is 0 Å². The number of hydrogen-bond donors (Lipinski definition) is 0. The Hall–Kier alpha value is -0.940. The fraction of sp³-hybridized carbons (Fsp3) is 0.600. The van der Waals surface area contributed by atoms with Crippen molar-refractivity contribution < 1.29 is 9.66 Å². The summed E-state index contributed by atoms with van der Waals surface area (Å²) in [6.07, 6.45) is 6.27. The molecule has 2 rings (SSSR count). The second kappa shape index (κ2) is 7.18. The van der Waals surface area contributed by atoms with Crippen LogP contribution in [0.4, 0.5) is 5.69 Å². The number of rotatable bonds is 5. The van der Waals surface area contributed by atoms with Gasteiger partial charge in [-0.05, 0) is 46.3 Å². The lowest BCUT2D eigenvalue weighted by molar-refractivity contribution is -0.385. The lowest BCUT2D eigenvalue weighted by atomic mass is 9.85. The molecule has 1 aromatic carbocycles. The number of nitro benzene ring substituents is 1. The SMILES string of the molecule is CCC1CCCC(OCc2ccc(Br)c([N+](=O)[O-])c2)C1. The third kappa shape index (κ3) is 4.03. The van der Waals surface area contributed by atoms with Crippen molar-refractivity contribution in [3.63, 3.8) is 0 Å². The maximum Gasteiger partial charge on any atom is 0.283 e. The van der Waals surface area contributed by atoms with Crippen LogP contribution in [0, 0.1) is 16.0 Å². The topological polar surface area (TPSA) is 52.4 Å². The molecule has 0 radical (unpaired) electrons. The standard InChI is InChI=1S/C15H20BrNO3/c1-2-11-4-3-5-13(8-11)20-10-12-6-7-14(16)15(9-12)17(18)19/h6-7,9,11,13H,2-5,8,10H2,1H3. The normalized spacial score (nSPS) is 22.7. The van der Waals surface area contributed by atoms with Gasteiger partial charge in [-0.1, -0.05) is 32.3 Å². The summed E-state index contributed by atoms with van der Waals surface area (Å²) in [4.78, 5) is 10.5. The van der Waals surface area contributed by atoms with Crippen LogP contribution in [0.1, 0.15) is 44.6 Å². The molecule has 2 atom stereocenters. The summed E-state index contributed by atoms with van der Waals surface area (Å²) >= 11 is 3.19. The summed E-state index contributed by atoms with van der Waals surface area (Å²) < 4.78 is 6.45. The van der Waals surface area contributed by atoms with Crippen LogP contribution in [0.15, 0.2) is 22.7 Å². The number of halogens is 1. The Labute approximate surface area is 127 Å². The summed E-state index contributed by atoms with van der Waals surface area (Å²) in [5, 5.41) is 10.9. The highest BCUT2D eigenvalue weighted by Gasteiger charge is 2.21. The van der Waals surface area contributed by atoms with Crippen LogP contribution < -0.4 is 0 Å². The molecule has 1 aliphatic carbocycles. The summed E-state index contributed by atoms with van der Waals surface area (Å²) in [5.41, 5.74) is 0.958. The van der Waals surface area contributed by atoms with Gasteiger partial charge in [-0.15, -0.1) is 0 Å². The van der Waals surface area contributed by atoms with Gasteiger partial charge in [-0.25, -0.2) is 0 Å². The molecule has 110 valence electrons. The molecule has 1 saturated carbocycles. The van der Waals surface area contributed by atoms with Gasteiger partial charge < -0.3 is 4.74 Å². The maximum atomic E-state index is 10.9. The van der Waals surface area contributed by atoms with Crippen LogP contribution in [-0.2, 0) is 11.3 Å². The predicted octanol–water partition coefficient (Wildman–Crippen LogP) is 4.84. The first kappa shape index (κ1) is 15.4. The van der Waals surface area contributed by atoms with Crippen LogP contribution in [0.2, 0.25) is 0 Å². The molecular weight excluding hydrogens is 322 g/mol. The summed E-state index contributed by atoms with van der Waals surface area (Å²) in [7, 11) is 0. The zero-order valence-electron chi connectivity index (χ0n) is 11.7. The smallest absolute Gasteiger partial charge is 0.283 e. The highest BCUT2D eigenvalue weighted by Crippen LogP contribution is 2.30. The van der Waals surface area contributed by atoms with E-state index in [1.807, 2.05) is 6.07 Å². The molecule has 4 nitrogen and oxygen atoms in total. The molecule has 0 heterocycles. The quantitative estimate of drug-likeness (QED) is 0.568. The van der Waals surface area contributed by atoms with E-state index in [2.05, 4.69) is 22.9 Å². The van der Waals surface area contributed by atoms with Gasteiger partial charge >= 0.3 is 0 Å². The molecule has 2 unspecified atom stereocenters. The average Bonchev–Trinajstić information content (AvgIpc) is 2.46. The minimum Gasteiger partial charge on any atom is -0.374 e. The zero-order valence-corrected chi connectivity index (χ0v) is 13.3. The lowest BCUT2D eigenvalue weighted by Crippen LogP contribution is -2.22. The van der Waals surface area contributed by atoms with E-state index in [0.29, 0.717) is 17.2 Å². The van der Waals surface area contributed by atoms with Gasteiger partial charge in [-0.3, -0.25) is 10.1 Å². The summed E-state index contributed by atoms with van der Waals surface area (Å²) in [5.74, 6) is 0.771. The van der Waals surface area contributed by atoms with Gasteiger partial charge in [0.2, 0.25) is 0 Å². The molecule has 0 spiro atoms. The van der Waals surface area contributed by atoms with Gasteiger partial charge in [0.05, 0.1) is 22.1 Å². The molecule has 0 bridgehead atoms. The van der Waals surface area contributed by atoms with E-state index in [9.17, 15) is 10.1 Å². The van der Waals surface area contributed by atoms with Crippen LogP contribution in [0.25, 0.3) is 0 Å². The Morgan fingerprint density at radius 2 is 2.25 bits per heavy atom. The third-order valence-corrected chi connectivity index (χ3v) is 4.68. The minimum absolute atomic E-state index is 0.0983. The molecular formula is C15H20BrNO3. The van der Waals surface area contributed by atoms with Crippen molar-refractivity contribution in [2.24, 2.45) is 5.92 Å². The molecule has 0 N–H and O–H groups in total. The van der Waals surface area contributed by atoms with E-state index in [0.717, 1.165) is 24.3 Å². The van der Waals surface area contributed by atoms with Crippen molar-refractivity contribution in [3.8, 4) is 0 Å². The first-order valence-electron chi connectivity index (χ1n) is 7.14. The van der Waals surface area contributed by atoms with Crippen molar-refractivity contribution in [2.75, 3.05) is 0 Å². The first-order chi connectivity index (χ1) is 9.60. The Balaban J connectivity index is 1.93. The fourth-order valence-electron chi connectivity index (χ4n) is 2.77. The van der Waals surface area contributed by atoms with Crippen molar-refractivity contribution >= 4 is 21.6 Å². The second-order valence-corrected chi connectivity index (χ2v) is 6.27. The number of nitrogens with zero attached hydrogens (tertiary/aromatic N) is 1. The Morgan fingerprint density at radius 1 is 1.45 bits per heavy atom. The molecule has 20 heavy (non-hydrogen) atoms. The monoisotopic (exact) mass is 341 g/mol. The Kier molecular flexibility index (Phi) is 5.54. The summed E-state index contributed by atoms with van der Waals surface area (Å²) in [6.45, 7) is 2.68. The number of nitro groups is 1. The van der Waals surface area contributed by atoms with Crippen LogP contribution in [0.3, 0.4) is 0 Å². The maximum absolute atomic E-state index is 10.9. The lowest BCUT2D eigenvalue weighted by Gasteiger charge is -2.28. The van der Waals surface area contributed by atoms with E-state index in [1.54, 1.807) is 12.1 Å². The van der Waals surface area contributed by atoms with Gasteiger partial charge in [0.25, 0.3) is 5.69 Å². The molecule has 5 heteroatoms. The van der Waals surface area contributed by atoms with E-state index >= 15 is 0 Å². The van der Waals surface area contributed by atoms with E-state index in [1.165, 1.54) is 19.3 Å². The van der Waals surface area contributed by atoms with E-state index in [-0.39, 0.29) is 10.6 Å². The zero-order chi connectivity index (χ0) is 14.5. The van der Waals surface area contributed by atoms with Crippen molar-refractivity contribution in [1.29, 1.82) is 0 Å². The molecule has 0 saturated heterocycles. The Bertz CT molecular complexity index is 478. The molecule has 1 fully saturated rings. The van der Waals surface area contributed by atoms with Gasteiger partial charge in [0.1, 0.15) is 0 Å². The molecule has 0 amide bonds. The third-order valence-electron chi connectivity index (χ3n) is 4.00. The van der Waals surface area contributed by atoms with Gasteiger partial charge in [0.15, 0.2) is 0 Å². The first-order valence-corrected chi connectivity index (χ1v) is 7.94. The van der Waals surface area contributed by atoms with Crippen molar-refractivity contribution in [3.05, 3.63) is 38.3 Å². The fourth-order valence-corrected chi connectivity index (χ4v) is 3.16. The number of ether oxygens (including phenoxy) is 1. The molecule has 1 aliphatic rings. The number of benzene rings is 1. The molecule has 1 aromatic rings. The number of hydrogen-bond acceptors (Lipinski definition) is 3. The molecule has 0 aliphatic heterocycles. The van der Waals surface area contributed by atoms with Crippen LogP contribution >= 0.6 is 15.9 Å². The second-order valence-electron chi connectivity index (χ2n) is 5.42. The summed E-state index contributed by atoms with van der Waals surface area (Å²) in [6, 6.07) is 5.17. The average molecular weight is 342 g/mol. The van der Waals surface area contributed by atoms with Crippen molar-refractivity contribution in [1.82, 2.24) is 0 Å². The minimum atomic E-state index is -0.374. The van der Waals surface area contributed by atoms with E-state index in [4.69, 9.17) is 4.74 Å². The predicted molar refractivity (Wildman–Crippen MR) is 81.6 cm³/mol. The molecule has 0 aromatic heterocycles. The Morgan fingerprint density at radius 3 is 2.95 bits per heavy atom.